The van der Waals surface area contributed by atoms with Crippen LogP contribution in [0.15, 0.2) is 59.6 Å². The Hall–Kier alpha value is -3.32. The summed E-state index contributed by atoms with van der Waals surface area (Å²) in [5.41, 5.74) is 3.82. The van der Waals surface area contributed by atoms with Crippen LogP contribution in [0.3, 0.4) is 0 Å². The molecule has 1 saturated carbocycles. The van der Waals surface area contributed by atoms with Gasteiger partial charge in [0, 0.05) is 41.5 Å². The van der Waals surface area contributed by atoms with E-state index in [1.165, 1.54) is 17.4 Å². The fourth-order valence-corrected chi connectivity index (χ4v) is 7.73. The first kappa shape index (κ1) is 32.6. The Labute approximate surface area is 258 Å². The van der Waals surface area contributed by atoms with Crippen molar-refractivity contribution < 1.29 is 22.8 Å². The Morgan fingerprint density at radius 1 is 1.05 bits per heavy atom. The lowest BCUT2D eigenvalue weighted by molar-refractivity contribution is -0.158. The summed E-state index contributed by atoms with van der Waals surface area (Å²) in [5.74, 6) is -0.189. The van der Waals surface area contributed by atoms with Gasteiger partial charge in [-0.3, -0.25) is 4.79 Å². The van der Waals surface area contributed by atoms with Crippen LogP contribution in [-0.4, -0.2) is 37.0 Å². The summed E-state index contributed by atoms with van der Waals surface area (Å²) < 4.78 is 29.9. The predicted molar refractivity (Wildman–Crippen MR) is 169 cm³/mol. The molecule has 1 aromatic heterocycles. The van der Waals surface area contributed by atoms with Gasteiger partial charge in [-0.25, -0.2) is 22.9 Å². The van der Waals surface area contributed by atoms with Crippen molar-refractivity contribution in [3.8, 4) is 10.4 Å². The maximum atomic E-state index is 13.6. The first-order valence-corrected chi connectivity index (χ1v) is 16.8. The molecule has 3 aromatic rings. The summed E-state index contributed by atoms with van der Waals surface area (Å²) in [5, 5.41) is 6.46. The largest absolute Gasteiger partial charge is 0.370 e. The summed E-state index contributed by atoms with van der Waals surface area (Å²) in [6.45, 7) is 9.49. The topological polar surface area (TPSA) is 139 Å². The Kier molecular flexibility index (Phi) is 10.6. The van der Waals surface area contributed by atoms with Gasteiger partial charge >= 0.3 is 12.0 Å². The first-order valence-electron chi connectivity index (χ1n) is 14.5. The average molecular weight is 628 g/mol. The van der Waals surface area contributed by atoms with Gasteiger partial charge in [0.05, 0.1) is 20.7 Å². The number of nitrogens with one attached hydrogen (secondary N) is 4. The number of nitrogens with zero attached hydrogens (tertiary/aromatic N) is 1. The number of anilines is 1. The van der Waals surface area contributed by atoms with Gasteiger partial charge in [0.1, 0.15) is 0 Å². The maximum absolute atomic E-state index is 13.6. The number of hydrogen-bond acceptors (Lipinski definition) is 8. The van der Waals surface area contributed by atoms with Crippen molar-refractivity contribution in [2.45, 2.75) is 89.2 Å². The molecular weight excluding hydrogens is 587 g/mol. The van der Waals surface area contributed by atoms with Crippen LogP contribution in [0.1, 0.15) is 76.8 Å². The minimum atomic E-state index is -3.95. The minimum absolute atomic E-state index is 0.0580. The Morgan fingerprint density at radius 3 is 2.40 bits per heavy atom. The zero-order chi connectivity index (χ0) is 31.2. The molecule has 1 aliphatic rings. The van der Waals surface area contributed by atoms with Gasteiger partial charge in [-0.1, -0.05) is 36.4 Å². The molecular formula is C31H41N5O5S2. The number of urea groups is 1. The van der Waals surface area contributed by atoms with Crippen molar-refractivity contribution in [3.05, 3.63) is 65.3 Å². The molecule has 12 heteroatoms. The van der Waals surface area contributed by atoms with E-state index in [2.05, 4.69) is 25.8 Å². The van der Waals surface area contributed by atoms with E-state index in [0.717, 1.165) is 23.4 Å². The van der Waals surface area contributed by atoms with Crippen LogP contribution in [0.4, 0.5) is 10.5 Å². The highest BCUT2D eigenvalue weighted by Gasteiger charge is 2.31. The van der Waals surface area contributed by atoms with Gasteiger partial charge in [0.25, 0.3) is 0 Å². The number of sulfonamides is 1. The highest BCUT2D eigenvalue weighted by molar-refractivity contribution is 7.89. The fourth-order valence-electron chi connectivity index (χ4n) is 4.87. The lowest BCUT2D eigenvalue weighted by Gasteiger charge is -2.26. The molecule has 4 N–H and O–H groups in total. The Balaban J connectivity index is 1.51. The molecule has 232 valence electrons. The summed E-state index contributed by atoms with van der Waals surface area (Å²) in [6.07, 6.45) is 4.72. The zero-order valence-corrected chi connectivity index (χ0v) is 26.9. The Bertz CT molecular complexity index is 1510. The SMILES string of the molecule is CC(C)NOC(=O)C1CCC(c2ncc(-c3ccc(NC(=O)NCc4ccccc4)cc3S(=O)(=O)NC(C)(C)C)s2)CC1. The van der Waals surface area contributed by atoms with E-state index in [4.69, 9.17) is 4.84 Å². The molecule has 1 aliphatic carbocycles. The smallest absolute Gasteiger partial charge is 0.327 e. The Morgan fingerprint density at radius 2 is 1.74 bits per heavy atom. The number of amides is 2. The molecule has 0 unspecified atom stereocenters. The second kappa shape index (κ2) is 14.0. The van der Waals surface area contributed by atoms with Gasteiger partial charge in [-0.15, -0.1) is 11.3 Å². The van der Waals surface area contributed by atoms with E-state index >= 15 is 0 Å². The monoisotopic (exact) mass is 627 g/mol. The molecule has 1 heterocycles. The van der Waals surface area contributed by atoms with Crippen molar-refractivity contribution in [1.82, 2.24) is 20.5 Å². The highest BCUT2D eigenvalue weighted by Crippen LogP contribution is 2.41. The number of benzene rings is 2. The first-order chi connectivity index (χ1) is 20.3. The molecule has 43 heavy (non-hydrogen) atoms. The number of aromatic nitrogens is 1. The highest BCUT2D eigenvalue weighted by atomic mass is 32.2. The second-order valence-electron chi connectivity index (χ2n) is 12.2. The summed E-state index contributed by atoms with van der Waals surface area (Å²) in [6, 6.07) is 14.0. The molecule has 2 aromatic carbocycles. The number of rotatable bonds is 10. The molecule has 0 saturated heterocycles. The summed E-state index contributed by atoms with van der Waals surface area (Å²) in [4.78, 5) is 35.6. The van der Waals surface area contributed by atoms with Gasteiger partial charge < -0.3 is 15.5 Å². The third kappa shape index (κ3) is 9.33. The standard InChI is InChI=1S/C31H41N5O5S2/c1-20(2)35-41-29(37)23-13-11-22(12-14-23)28-32-19-26(42-28)25-16-15-24(17-27(25)43(39,40)36-31(3,4)5)34-30(38)33-18-21-9-7-6-8-10-21/h6-10,15-17,19-20,22-23,35-36H,11-14,18H2,1-5H3,(H2,33,34,38). The lowest BCUT2D eigenvalue weighted by atomic mass is 9.82. The molecule has 4 rings (SSSR count). The van der Waals surface area contributed by atoms with Crippen LogP contribution in [0.2, 0.25) is 0 Å². The zero-order valence-electron chi connectivity index (χ0n) is 25.3. The van der Waals surface area contributed by atoms with Gasteiger partial charge in [-0.05, 0) is 78.0 Å². The number of hydroxylamine groups is 1. The van der Waals surface area contributed by atoms with Crippen LogP contribution in [0.5, 0.6) is 0 Å². The molecule has 0 radical (unpaired) electrons. The third-order valence-electron chi connectivity index (χ3n) is 6.86. The number of carbonyl (C=O) groups is 2. The lowest BCUT2D eigenvalue weighted by Crippen LogP contribution is -2.40. The summed E-state index contributed by atoms with van der Waals surface area (Å²) in [7, 11) is -3.95. The molecule has 0 spiro atoms. The molecule has 10 nitrogen and oxygen atoms in total. The molecule has 0 atom stereocenters. The molecule has 0 aliphatic heterocycles. The van der Waals surface area contributed by atoms with Crippen LogP contribution in [-0.2, 0) is 26.2 Å². The number of carbonyl (C=O) groups excluding carboxylic acids is 2. The van der Waals surface area contributed by atoms with Crippen LogP contribution < -0.4 is 20.8 Å². The van der Waals surface area contributed by atoms with Crippen LogP contribution >= 0.6 is 11.3 Å². The van der Waals surface area contributed by atoms with E-state index in [0.29, 0.717) is 35.5 Å². The number of thiazole rings is 1. The van der Waals surface area contributed by atoms with Gasteiger partial charge in [-0.2, -0.15) is 5.48 Å². The third-order valence-corrected chi connectivity index (χ3v) is 9.85. The van der Waals surface area contributed by atoms with E-state index in [-0.39, 0.29) is 28.7 Å². The van der Waals surface area contributed by atoms with E-state index < -0.39 is 21.6 Å². The van der Waals surface area contributed by atoms with Crippen LogP contribution in [0.25, 0.3) is 10.4 Å². The molecule has 0 bridgehead atoms. The molecule has 1 fully saturated rings. The minimum Gasteiger partial charge on any atom is -0.370 e. The van der Waals surface area contributed by atoms with E-state index in [9.17, 15) is 18.0 Å². The quantitative estimate of drug-likeness (QED) is 0.204. The average Bonchev–Trinajstić information content (AvgIpc) is 3.44. The van der Waals surface area contributed by atoms with Gasteiger partial charge in [0.15, 0.2) is 0 Å². The van der Waals surface area contributed by atoms with Crippen molar-refractivity contribution in [1.29, 1.82) is 0 Å². The fraction of sp³-hybridized carbons (Fsp3) is 0.452. The van der Waals surface area contributed by atoms with Crippen molar-refractivity contribution in [2.24, 2.45) is 5.92 Å². The van der Waals surface area contributed by atoms with Crippen molar-refractivity contribution in [3.63, 3.8) is 0 Å². The maximum Gasteiger partial charge on any atom is 0.327 e. The van der Waals surface area contributed by atoms with Gasteiger partial charge in [0.2, 0.25) is 10.0 Å². The van der Waals surface area contributed by atoms with Crippen LogP contribution in [0, 0.1) is 5.92 Å². The second-order valence-corrected chi connectivity index (χ2v) is 14.9. The van der Waals surface area contributed by atoms with Crippen molar-refractivity contribution in [2.75, 3.05) is 5.32 Å². The predicted octanol–water partition coefficient (Wildman–Crippen LogP) is 5.94. The summed E-state index contributed by atoms with van der Waals surface area (Å²) >= 11 is 1.46. The normalized spacial score (nSPS) is 17.4. The van der Waals surface area contributed by atoms with E-state index in [1.54, 1.807) is 39.1 Å². The molecule has 2 amide bonds. The van der Waals surface area contributed by atoms with Crippen molar-refractivity contribution >= 4 is 39.0 Å². The number of hydrogen-bond donors (Lipinski definition) is 4. The van der Waals surface area contributed by atoms with E-state index in [1.807, 2.05) is 44.2 Å².